The smallest absolute Gasteiger partial charge is 0.186 e. The van der Waals surface area contributed by atoms with Gasteiger partial charge in [-0.15, -0.1) is 0 Å². The van der Waals surface area contributed by atoms with Gasteiger partial charge in [0.25, 0.3) is 0 Å². The molecule has 0 spiro atoms. The van der Waals surface area contributed by atoms with Gasteiger partial charge in [0.15, 0.2) is 22.3 Å². The van der Waals surface area contributed by atoms with Gasteiger partial charge in [0.2, 0.25) is 0 Å². The Hall–Kier alpha value is -2.00. The van der Waals surface area contributed by atoms with Crippen molar-refractivity contribution in [1.82, 2.24) is 5.06 Å². The molecule has 37 heavy (non-hydrogen) atoms. The summed E-state index contributed by atoms with van der Waals surface area (Å²) in [6, 6.07) is 1.90. The summed E-state index contributed by atoms with van der Waals surface area (Å²) >= 11 is 1.04. The molecule has 2 heterocycles. The molecule has 1 saturated heterocycles. The minimum absolute atomic E-state index is 0.00506. The summed E-state index contributed by atoms with van der Waals surface area (Å²) in [6.45, 7) is 6.93. The van der Waals surface area contributed by atoms with Gasteiger partial charge in [-0.2, -0.15) is 5.06 Å². The van der Waals surface area contributed by atoms with Crippen molar-refractivity contribution >= 4 is 28.4 Å². The number of ketones is 2. The first-order chi connectivity index (χ1) is 17.6. The standard InChI is InChI=1S/C29H35NO6S/c1-17(31)37-16-25(34)29-20(14-30(36-29)13-18-7-9-35-15-18)11-23-22-5-4-19-10-21(32)6-8-27(19,2)26(22)24(33)12-28(23,29)3/h6-10,15,20,22-24,26,33H,4-5,11-14,16H2,1-3H3. The molecular weight excluding hydrogens is 490 g/mol. The molecular formula is C29H35NO6S. The average Bonchev–Trinajstić information content (AvgIpc) is 3.53. The SMILES string of the molecule is CC(=O)SCC(=O)C12ON(Cc3ccoc3)CC1CC1C3CCC4=CC(=O)C=CC4(C)C3C(O)CC12C. The molecule has 1 aliphatic heterocycles. The molecule has 6 rings (SSSR count). The number of thioether (sulfide) groups is 1. The fourth-order valence-corrected chi connectivity index (χ4v) is 9.45. The zero-order valence-corrected chi connectivity index (χ0v) is 22.5. The van der Waals surface area contributed by atoms with Crippen molar-refractivity contribution in [2.75, 3.05) is 12.3 Å². The Morgan fingerprint density at radius 1 is 1.30 bits per heavy atom. The third kappa shape index (κ3) is 3.63. The monoisotopic (exact) mass is 525 g/mol. The molecule has 3 saturated carbocycles. The number of hydrogen-bond acceptors (Lipinski definition) is 8. The van der Waals surface area contributed by atoms with Gasteiger partial charge in [-0.1, -0.05) is 37.3 Å². The predicted octanol–water partition coefficient (Wildman–Crippen LogP) is 4.12. The van der Waals surface area contributed by atoms with Gasteiger partial charge in [0, 0.05) is 41.7 Å². The number of rotatable bonds is 5. The average molecular weight is 526 g/mol. The maximum absolute atomic E-state index is 14.1. The number of aliphatic hydroxyl groups is 1. The van der Waals surface area contributed by atoms with Crippen LogP contribution in [-0.2, 0) is 25.8 Å². The van der Waals surface area contributed by atoms with Crippen LogP contribution in [0.15, 0.2) is 46.8 Å². The summed E-state index contributed by atoms with van der Waals surface area (Å²) in [5, 5.41) is 13.6. The second kappa shape index (κ2) is 8.76. The number of furan rings is 1. The van der Waals surface area contributed by atoms with Gasteiger partial charge >= 0.3 is 0 Å². The molecule has 4 aliphatic carbocycles. The number of fused-ring (bicyclic) bond motifs is 7. The van der Waals surface area contributed by atoms with Gasteiger partial charge < -0.3 is 9.52 Å². The molecule has 0 aromatic carbocycles. The van der Waals surface area contributed by atoms with E-state index in [4.69, 9.17) is 9.25 Å². The van der Waals surface area contributed by atoms with E-state index in [-0.39, 0.29) is 51.5 Å². The van der Waals surface area contributed by atoms with Gasteiger partial charge in [0.1, 0.15) is 0 Å². The van der Waals surface area contributed by atoms with Crippen molar-refractivity contribution in [1.29, 1.82) is 0 Å². The van der Waals surface area contributed by atoms with E-state index in [1.165, 1.54) is 6.92 Å². The van der Waals surface area contributed by atoms with E-state index < -0.39 is 17.1 Å². The predicted molar refractivity (Wildman–Crippen MR) is 138 cm³/mol. The number of Topliss-reactive ketones (excluding diaryl/α,β-unsaturated/α-hetero) is 1. The summed E-state index contributed by atoms with van der Waals surface area (Å²) in [4.78, 5) is 44.7. The first kappa shape index (κ1) is 25.3. The molecule has 8 heteroatoms. The number of nitrogens with zero attached hydrogens (tertiary/aromatic N) is 1. The number of aliphatic hydroxyl groups excluding tert-OH is 1. The number of hydroxylamine groups is 2. The molecule has 1 aromatic heterocycles. The van der Waals surface area contributed by atoms with Crippen LogP contribution >= 0.6 is 11.8 Å². The second-order valence-electron chi connectivity index (χ2n) is 12.1. The zero-order valence-electron chi connectivity index (χ0n) is 21.6. The lowest BCUT2D eigenvalue weighted by Gasteiger charge is -2.60. The Morgan fingerprint density at radius 2 is 2.11 bits per heavy atom. The number of carbonyl (C=O) groups is 3. The molecule has 8 unspecified atom stereocenters. The molecule has 1 N–H and O–H groups in total. The summed E-state index contributed by atoms with van der Waals surface area (Å²) in [6.07, 6.45) is 11.1. The summed E-state index contributed by atoms with van der Waals surface area (Å²) in [5.74, 6) is 0.452. The summed E-state index contributed by atoms with van der Waals surface area (Å²) < 4.78 is 5.24. The molecule has 8 atom stereocenters. The third-order valence-electron chi connectivity index (χ3n) is 10.3. The molecule has 0 amide bonds. The maximum atomic E-state index is 14.1. The quantitative estimate of drug-likeness (QED) is 0.613. The minimum Gasteiger partial charge on any atom is -0.472 e. The first-order valence-electron chi connectivity index (χ1n) is 13.3. The van der Waals surface area contributed by atoms with E-state index in [0.29, 0.717) is 19.5 Å². The number of hydrogen-bond donors (Lipinski definition) is 1. The van der Waals surface area contributed by atoms with E-state index in [9.17, 15) is 19.5 Å². The Kier molecular flexibility index (Phi) is 5.99. The van der Waals surface area contributed by atoms with Crippen LogP contribution in [-0.4, -0.2) is 50.9 Å². The van der Waals surface area contributed by atoms with Gasteiger partial charge in [0.05, 0.1) is 30.9 Å². The highest BCUT2D eigenvalue weighted by Gasteiger charge is 2.75. The van der Waals surface area contributed by atoms with Crippen LogP contribution in [0.25, 0.3) is 0 Å². The van der Waals surface area contributed by atoms with Crippen LogP contribution in [0.5, 0.6) is 0 Å². The van der Waals surface area contributed by atoms with Crippen LogP contribution in [0, 0.1) is 34.5 Å². The molecule has 4 fully saturated rings. The van der Waals surface area contributed by atoms with E-state index in [0.717, 1.165) is 42.2 Å². The van der Waals surface area contributed by atoms with Gasteiger partial charge in [-0.3, -0.25) is 19.2 Å². The van der Waals surface area contributed by atoms with Crippen molar-refractivity contribution in [3.8, 4) is 0 Å². The Labute approximate surface area is 221 Å². The lowest BCUT2D eigenvalue weighted by atomic mass is 9.46. The Morgan fingerprint density at radius 3 is 2.84 bits per heavy atom. The van der Waals surface area contributed by atoms with Crippen LogP contribution < -0.4 is 0 Å². The fraction of sp³-hybridized carbons (Fsp3) is 0.621. The van der Waals surface area contributed by atoms with Crippen LogP contribution in [0.4, 0.5) is 0 Å². The topological polar surface area (TPSA) is 97.1 Å². The highest BCUT2D eigenvalue weighted by atomic mass is 32.2. The third-order valence-corrected chi connectivity index (χ3v) is 11.1. The van der Waals surface area contributed by atoms with E-state index in [2.05, 4.69) is 13.8 Å². The van der Waals surface area contributed by atoms with Crippen molar-refractivity contribution in [3.05, 3.63) is 48.0 Å². The van der Waals surface area contributed by atoms with E-state index >= 15 is 0 Å². The number of allylic oxidation sites excluding steroid dienone is 4. The zero-order chi connectivity index (χ0) is 26.2. The molecule has 0 radical (unpaired) electrons. The van der Waals surface area contributed by atoms with Gasteiger partial charge in [-0.25, -0.2) is 0 Å². The second-order valence-corrected chi connectivity index (χ2v) is 13.3. The molecule has 198 valence electrons. The summed E-state index contributed by atoms with van der Waals surface area (Å²) in [5.41, 5.74) is 0.0949. The Balaban J connectivity index is 1.37. The van der Waals surface area contributed by atoms with E-state index in [1.54, 1.807) is 24.7 Å². The highest BCUT2D eigenvalue weighted by Crippen LogP contribution is 2.70. The Bertz CT molecular complexity index is 1190. The largest absolute Gasteiger partial charge is 0.472 e. The lowest BCUT2D eigenvalue weighted by Crippen LogP contribution is -2.63. The van der Waals surface area contributed by atoms with Crippen LogP contribution in [0.3, 0.4) is 0 Å². The highest BCUT2D eigenvalue weighted by molar-refractivity contribution is 8.14. The molecule has 0 bridgehead atoms. The van der Waals surface area contributed by atoms with E-state index in [1.807, 2.05) is 17.2 Å². The van der Waals surface area contributed by atoms with Gasteiger partial charge in [-0.05, 0) is 55.7 Å². The molecule has 1 aromatic rings. The first-order valence-corrected chi connectivity index (χ1v) is 14.3. The van der Waals surface area contributed by atoms with Crippen molar-refractivity contribution in [2.45, 2.75) is 64.7 Å². The number of carbonyl (C=O) groups excluding carboxylic acids is 3. The van der Waals surface area contributed by atoms with Crippen molar-refractivity contribution in [2.24, 2.45) is 34.5 Å². The molecule has 7 nitrogen and oxygen atoms in total. The lowest BCUT2D eigenvalue weighted by molar-refractivity contribution is -0.252. The van der Waals surface area contributed by atoms with Crippen LogP contribution in [0.2, 0.25) is 0 Å². The van der Waals surface area contributed by atoms with Crippen LogP contribution in [0.1, 0.15) is 52.0 Å². The van der Waals surface area contributed by atoms with Crippen molar-refractivity contribution < 1.29 is 28.7 Å². The fourth-order valence-electron chi connectivity index (χ4n) is 8.90. The molecule has 5 aliphatic rings. The minimum atomic E-state index is -1.08. The summed E-state index contributed by atoms with van der Waals surface area (Å²) in [7, 11) is 0. The normalized spacial score (nSPS) is 42.5. The maximum Gasteiger partial charge on any atom is 0.186 e. The van der Waals surface area contributed by atoms with Crippen molar-refractivity contribution in [3.63, 3.8) is 0 Å².